The molecule has 11 nitrogen and oxygen atoms in total. The first-order chi connectivity index (χ1) is 18.9. The Morgan fingerprint density at radius 3 is 1.10 bits per heavy atom. The standard InChI is InChI=1S/C30H50N4O7/c1-28(2,3)39-25(35)32-17-15-31(23-11-13-24(38-10)14-12-23)16-18-33(26(36)40-29(4,5)6)20-22-34(21-19-32)27(37)41-30(7,8)9/h11-14H,15-22H2,1-10H3. The molecule has 0 aliphatic carbocycles. The second kappa shape index (κ2) is 14.0. The summed E-state index contributed by atoms with van der Waals surface area (Å²) in [6.07, 6.45) is -1.42. The molecule has 232 valence electrons. The van der Waals surface area contributed by atoms with E-state index in [9.17, 15) is 14.4 Å². The molecule has 0 radical (unpaired) electrons. The fourth-order valence-electron chi connectivity index (χ4n) is 3.99. The average Bonchev–Trinajstić information content (AvgIpc) is 2.81. The van der Waals surface area contributed by atoms with Crippen LogP contribution in [-0.4, -0.2) is 109 Å². The summed E-state index contributed by atoms with van der Waals surface area (Å²) in [6, 6.07) is 7.65. The molecule has 1 heterocycles. The highest BCUT2D eigenvalue weighted by atomic mass is 16.6. The van der Waals surface area contributed by atoms with Crippen molar-refractivity contribution in [1.82, 2.24) is 14.7 Å². The van der Waals surface area contributed by atoms with Gasteiger partial charge >= 0.3 is 18.3 Å². The molecule has 0 saturated carbocycles. The largest absolute Gasteiger partial charge is 0.497 e. The van der Waals surface area contributed by atoms with Gasteiger partial charge in [0.2, 0.25) is 0 Å². The van der Waals surface area contributed by atoms with E-state index in [2.05, 4.69) is 4.90 Å². The zero-order valence-electron chi connectivity index (χ0n) is 26.6. The van der Waals surface area contributed by atoms with Gasteiger partial charge in [-0.25, -0.2) is 14.4 Å². The predicted octanol–water partition coefficient (Wildman–Crippen LogP) is 5.23. The number of nitrogens with zero attached hydrogens (tertiary/aromatic N) is 4. The Morgan fingerprint density at radius 2 is 0.829 bits per heavy atom. The van der Waals surface area contributed by atoms with Crippen molar-refractivity contribution >= 4 is 24.0 Å². The van der Waals surface area contributed by atoms with E-state index in [0.29, 0.717) is 26.2 Å². The maximum atomic E-state index is 13.2. The Balaban J connectivity index is 2.41. The summed E-state index contributed by atoms with van der Waals surface area (Å²) in [5.41, 5.74) is -1.12. The van der Waals surface area contributed by atoms with Crippen LogP contribution >= 0.6 is 0 Å². The Bertz CT molecular complexity index is 966. The molecule has 2 rings (SSSR count). The van der Waals surface area contributed by atoms with Crippen LogP contribution in [0.1, 0.15) is 62.3 Å². The number of rotatable bonds is 2. The Kier molecular flexibility index (Phi) is 11.6. The molecule has 0 atom stereocenters. The first-order valence-electron chi connectivity index (χ1n) is 14.2. The molecule has 0 spiro atoms. The van der Waals surface area contributed by atoms with Gasteiger partial charge < -0.3 is 38.5 Å². The fourth-order valence-corrected chi connectivity index (χ4v) is 3.99. The predicted molar refractivity (Wildman–Crippen MR) is 159 cm³/mol. The van der Waals surface area contributed by atoms with Gasteiger partial charge in [-0.3, -0.25) is 0 Å². The Morgan fingerprint density at radius 1 is 0.537 bits per heavy atom. The van der Waals surface area contributed by atoms with E-state index in [4.69, 9.17) is 18.9 Å². The minimum Gasteiger partial charge on any atom is -0.497 e. The van der Waals surface area contributed by atoms with Gasteiger partial charge in [-0.2, -0.15) is 0 Å². The summed E-state index contributed by atoms with van der Waals surface area (Å²) in [5.74, 6) is 0.733. The molecule has 11 heteroatoms. The summed E-state index contributed by atoms with van der Waals surface area (Å²) in [6.45, 7) is 18.8. The van der Waals surface area contributed by atoms with Crippen molar-refractivity contribution in [2.24, 2.45) is 0 Å². The van der Waals surface area contributed by atoms with E-state index in [1.165, 1.54) is 4.90 Å². The number of hydrogen-bond donors (Lipinski definition) is 0. The minimum absolute atomic E-state index is 0.207. The topological polar surface area (TPSA) is 101 Å². The second-order valence-corrected chi connectivity index (χ2v) is 13.1. The van der Waals surface area contributed by atoms with Crippen molar-refractivity contribution in [3.8, 4) is 5.75 Å². The first-order valence-corrected chi connectivity index (χ1v) is 14.2. The maximum Gasteiger partial charge on any atom is 0.410 e. The van der Waals surface area contributed by atoms with Crippen molar-refractivity contribution in [2.75, 3.05) is 64.4 Å². The summed E-state index contributed by atoms with van der Waals surface area (Å²) in [7, 11) is 1.61. The number of amides is 3. The zero-order valence-corrected chi connectivity index (χ0v) is 26.6. The van der Waals surface area contributed by atoms with E-state index < -0.39 is 35.1 Å². The van der Waals surface area contributed by atoms with Gasteiger partial charge in [-0.15, -0.1) is 0 Å². The maximum absolute atomic E-state index is 13.2. The van der Waals surface area contributed by atoms with Gasteiger partial charge in [0.05, 0.1) is 7.11 Å². The van der Waals surface area contributed by atoms with Gasteiger partial charge in [-0.05, 0) is 86.6 Å². The third-order valence-electron chi connectivity index (χ3n) is 5.95. The Hall–Kier alpha value is -3.37. The summed E-state index contributed by atoms with van der Waals surface area (Å²) < 4.78 is 22.3. The van der Waals surface area contributed by atoms with E-state index >= 15 is 0 Å². The van der Waals surface area contributed by atoms with Crippen molar-refractivity contribution in [3.63, 3.8) is 0 Å². The third kappa shape index (κ3) is 12.4. The molecule has 1 aromatic carbocycles. The molecule has 1 aromatic rings. The SMILES string of the molecule is COc1ccc(N2CCN(C(=O)OC(C)(C)C)CCN(C(=O)OC(C)(C)C)CCN(C(=O)OC(C)(C)C)CC2)cc1. The molecular formula is C30H50N4O7. The van der Waals surface area contributed by atoms with Crippen LogP contribution in [0.15, 0.2) is 24.3 Å². The number of hydrogen-bond acceptors (Lipinski definition) is 8. The molecule has 41 heavy (non-hydrogen) atoms. The van der Waals surface area contributed by atoms with Crippen molar-refractivity contribution < 1.29 is 33.3 Å². The zero-order chi connectivity index (χ0) is 31.0. The lowest BCUT2D eigenvalue weighted by Gasteiger charge is -2.36. The van der Waals surface area contributed by atoms with Gasteiger partial charge in [0.15, 0.2) is 0 Å². The van der Waals surface area contributed by atoms with Crippen LogP contribution in [-0.2, 0) is 14.2 Å². The number of anilines is 1. The van der Waals surface area contributed by atoms with E-state index in [0.717, 1.165) is 11.4 Å². The van der Waals surface area contributed by atoms with Crippen LogP contribution in [0, 0.1) is 0 Å². The molecular weight excluding hydrogens is 528 g/mol. The first kappa shape index (κ1) is 33.8. The molecule has 0 unspecified atom stereocenters. The van der Waals surface area contributed by atoms with Crippen LogP contribution < -0.4 is 9.64 Å². The highest BCUT2D eigenvalue weighted by molar-refractivity contribution is 5.70. The third-order valence-corrected chi connectivity index (χ3v) is 5.95. The summed E-state index contributed by atoms with van der Waals surface area (Å²) in [4.78, 5) is 46.4. The van der Waals surface area contributed by atoms with Gasteiger partial charge in [0, 0.05) is 58.0 Å². The number of ether oxygens (including phenoxy) is 4. The summed E-state index contributed by atoms with van der Waals surface area (Å²) in [5, 5.41) is 0. The smallest absolute Gasteiger partial charge is 0.410 e. The van der Waals surface area contributed by atoms with Crippen LogP contribution in [0.4, 0.5) is 20.1 Å². The molecule has 1 aliphatic heterocycles. The molecule has 1 aliphatic rings. The highest BCUT2D eigenvalue weighted by Crippen LogP contribution is 2.21. The molecule has 0 bridgehead atoms. The van der Waals surface area contributed by atoms with E-state index in [1.807, 2.05) is 65.8 Å². The van der Waals surface area contributed by atoms with Crippen molar-refractivity contribution in [1.29, 1.82) is 0 Å². The van der Waals surface area contributed by atoms with Crippen molar-refractivity contribution in [3.05, 3.63) is 24.3 Å². The van der Waals surface area contributed by atoms with E-state index in [-0.39, 0.29) is 26.2 Å². The number of carbonyl (C=O) groups is 3. The quantitative estimate of drug-likeness (QED) is 0.440. The highest BCUT2D eigenvalue weighted by Gasteiger charge is 2.29. The van der Waals surface area contributed by atoms with Crippen LogP contribution in [0.25, 0.3) is 0 Å². The minimum atomic E-state index is -0.699. The molecule has 3 amide bonds. The van der Waals surface area contributed by atoms with Crippen LogP contribution in [0.5, 0.6) is 5.75 Å². The fraction of sp³-hybridized carbons (Fsp3) is 0.700. The normalized spacial score (nSPS) is 16.3. The molecule has 0 N–H and O–H groups in total. The van der Waals surface area contributed by atoms with Crippen molar-refractivity contribution in [2.45, 2.75) is 79.1 Å². The lowest BCUT2D eigenvalue weighted by atomic mass is 10.2. The van der Waals surface area contributed by atoms with Crippen LogP contribution in [0.2, 0.25) is 0 Å². The Labute approximate surface area is 245 Å². The summed E-state index contributed by atoms with van der Waals surface area (Å²) >= 11 is 0. The monoisotopic (exact) mass is 578 g/mol. The molecule has 1 fully saturated rings. The van der Waals surface area contributed by atoms with Gasteiger partial charge in [0.25, 0.3) is 0 Å². The van der Waals surface area contributed by atoms with Crippen LogP contribution in [0.3, 0.4) is 0 Å². The lowest BCUT2D eigenvalue weighted by Crippen LogP contribution is -2.51. The molecule has 1 saturated heterocycles. The molecule has 0 aromatic heterocycles. The number of benzene rings is 1. The number of carbonyl (C=O) groups excluding carboxylic acids is 3. The second-order valence-electron chi connectivity index (χ2n) is 13.1. The van der Waals surface area contributed by atoms with Gasteiger partial charge in [-0.1, -0.05) is 0 Å². The average molecular weight is 579 g/mol. The number of methoxy groups -OCH3 is 1. The van der Waals surface area contributed by atoms with E-state index in [1.54, 1.807) is 37.7 Å². The lowest BCUT2D eigenvalue weighted by molar-refractivity contribution is 0.00807. The van der Waals surface area contributed by atoms with Gasteiger partial charge in [0.1, 0.15) is 22.6 Å².